The summed E-state index contributed by atoms with van der Waals surface area (Å²) in [6.45, 7) is 8.01. The highest BCUT2D eigenvalue weighted by Crippen LogP contribution is 2.06. The van der Waals surface area contributed by atoms with Crippen LogP contribution < -0.4 is 16.0 Å². The molecule has 0 aromatic rings. The Hall–Kier alpha value is -0.810. The SMILES string of the molecule is CC(C)(C)OC(=O)NCCNC1CCCCN1. The van der Waals surface area contributed by atoms with Crippen LogP contribution in [0, 0.1) is 0 Å². The number of nitrogens with one attached hydrogen (secondary N) is 3. The normalized spacial score (nSPS) is 21.0. The Kier molecular flexibility index (Phi) is 5.71. The van der Waals surface area contributed by atoms with Crippen molar-refractivity contribution in [3.63, 3.8) is 0 Å². The number of amides is 1. The molecule has 100 valence electrons. The van der Waals surface area contributed by atoms with E-state index in [0.717, 1.165) is 19.5 Å². The minimum Gasteiger partial charge on any atom is -0.444 e. The summed E-state index contributed by atoms with van der Waals surface area (Å²) in [5.41, 5.74) is -0.428. The van der Waals surface area contributed by atoms with Gasteiger partial charge in [0, 0.05) is 13.1 Å². The second kappa shape index (κ2) is 6.81. The lowest BCUT2D eigenvalue weighted by molar-refractivity contribution is 0.0527. The van der Waals surface area contributed by atoms with Gasteiger partial charge in [-0.05, 0) is 46.6 Å². The molecule has 17 heavy (non-hydrogen) atoms. The minimum absolute atomic E-state index is 0.351. The van der Waals surface area contributed by atoms with Gasteiger partial charge in [-0.2, -0.15) is 0 Å². The average molecular weight is 243 g/mol. The van der Waals surface area contributed by atoms with Gasteiger partial charge < -0.3 is 20.7 Å². The third kappa shape index (κ3) is 7.18. The molecular weight excluding hydrogens is 218 g/mol. The van der Waals surface area contributed by atoms with Gasteiger partial charge in [0.25, 0.3) is 0 Å². The zero-order valence-electron chi connectivity index (χ0n) is 11.1. The third-order valence-corrected chi connectivity index (χ3v) is 2.49. The predicted octanol–water partition coefficient (Wildman–Crippen LogP) is 1.20. The van der Waals surface area contributed by atoms with Crippen LogP contribution in [0.3, 0.4) is 0 Å². The summed E-state index contributed by atoms with van der Waals surface area (Å²) < 4.78 is 5.14. The topological polar surface area (TPSA) is 62.4 Å². The average Bonchev–Trinajstić information content (AvgIpc) is 2.23. The first-order chi connectivity index (χ1) is 7.97. The number of ether oxygens (including phenoxy) is 1. The van der Waals surface area contributed by atoms with Crippen LogP contribution in [0.25, 0.3) is 0 Å². The number of piperidine rings is 1. The molecule has 1 heterocycles. The van der Waals surface area contributed by atoms with Crippen molar-refractivity contribution in [2.45, 2.75) is 51.8 Å². The Morgan fingerprint density at radius 3 is 2.71 bits per heavy atom. The van der Waals surface area contributed by atoms with Gasteiger partial charge in [0.1, 0.15) is 5.60 Å². The first-order valence-corrected chi connectivity index (χ1v) is 6.41. The molecule has 1 aliphatic heterocycles. The molecule has 5 heteroatoms. The second-order valence-corrected chi connectivity index (χ2v) is 5.39. The van der Waals surface area contributed by atoms with Crippen molar-refractivity contribution in [1.82, 2.24) is 16.0 Å². The highest BCUT2D eigenvalue weighted by molar-refractivity contribution is 5.67. The molecule has 5 nitrogen and oxygen atoms in total. The first-order valence-electron chi connectivity index (χ1n) is 6.41. The van der Waals surface area contributed by atoms with E-state index in [1.807, 2.05) is 20.8 Å². The van der Waals surface area contributed by atoms with Crippen LogP contribution in [-0.2, 0) is 4.74 Å². The Morgan fingerprint density at radius 1 is 1.35 bits per heavy atom. The standard InChI is InChI=1S/C12H25N3O2/c1-12(2,3)17-11(16)15-9-8-14-10-6-4-5-7-13-10/h10,13-14H,4-9H2,1-3H3,(H,15,16). The molecule has 0 aliphatic carbocycles. The molecule has 1 fully saturated rings. The molecule has 1 saturated heterocycles. The predicted molar refractivity (Wildman–Crippen MR) is 67.9 cm³/mol. The van der Waals surface area contributed by atoms with Gasteiger partial charge in [-0.25, -0.2) is 4.79 Å². The molecule has 1 amide bonds. The van der Waals surface area contributed by atoms with Crippen LogP contribution in [-0.4, -0.2) is 37.5 Å². The van der Waals surface area contributed by atoms with E-state index in [2.05, 4.69) is 16.0 Å². The van der Waals surface area contributed by atoms with Crippen molar-refractivity contribution in [3.05, 3.63) is 0 Å². The fourth-order valence-electron chi connectivity index (χ4n) is 1.75. The van der Waals surface area contributed by atoms with Crippen molar-refractivity contribution in [1.29, 1.82) is 0 Å². The Labute approximate surface area is 104 Å². The molecule has 0 radical (unpaired) electrons. The largest absolute Gasteiger partial charge is 0.444 e. The van der Waals surface area contributed by atoms with Gasteiger partial charge in [-0.3, -0.25) is 0 Å². The van der Waals surface area contributed by atoms with Crippen LogP contribution in [0.5, 0.6) is 0 Å². The third-order valence-electron chi connectivity index (χ3n) is 2.49. The number of alkyl carbamates (subject to hydrolysis) is 1. The quantitative estimate of drug-likeness (QED) is 0.649. The van der Waals surface area contributed by atoms with E-state index in [0.29, 0.717) is 12.7 Å². The fraction of sp³-hybridized carbons (Fsp3) is 0.917. The summed E-state index contributed by atoms with van der Waals surface area (Å²) in [5, 5.41) is 9.48. The van der Waals surface area contributed by atoms with E-state index < -0.39 is 5.60 Å². The number of carbonyl (C=O) groups is 1. The van der Waals surface area contributed by atoms with Crippen LogP contribution in [0.15, 0.2) is 0 Å². The monoisotopic (exact) mass is 243 g/mol. The van der Waals surface area contributed by atoms with Crippen molar-refractivity contribution in [2.75, 3.05) is 19.6 Å². The van der Waals surface area contributed by atoms with Crippen LogP contribution in [0.1, 0.15) is 40.0 Å². The molecule has 0 spiro atoms. The first kappa shape index (κ1) is 14.3. The lowest BCUT2D eigenvalue weighted by atomic mass is 10.1. The molecule has 0 saturated carbocycles. The number of hydrogen-bond donors (Lipinski definition) is 3. The van der Waals surface area contributed by atoms with Crippen LogP contribution >= 0.6 is 0 Å². The molecule has 0 bridgehead atoms. The number of hydrogen-bond acceptors (Lipinski definition) is 4. The highest BCUT2D eigenvalue weighted by Gasteiger charge is 2.15. The van der Waals surface area contributed by atoms with Gasteiger partial charge >= 0.3 is 6.09 Å². The Balaban J connectivity index is 2.01. The maximum absolute atomic E-state index is 11.3. The zero-order chi connectivity index (χ0) is 12.7. The van der Waals surface area contributed by atoms with Crippen molar-refractivity contribution in [2.24, 2.45) is 0 Å². The summed E-state index contributed by atoms with van der Waals surface area (Å²) in [5.74, 6) is 0. The Morgan fingerprint density at radius 2 is 2.12 bits per heavy atom. The lowest BCUT2D eigenvalue weighted by Gasteiger charge is -2.25. The number of carbonyl (C=O) groups excluding carboxylic acids is 1. The maximum Gasteiger partial charge on any atom is 0.407 e. The highest BCUT2D eigenvalue weighted by atomic mass is 16.6. The van der Waals surface area contributed by atoms with Gasteiger partial charge in [0.2, 0.25) is 0 Å². The summed E-state index contributed by atoms with van der Waals surface area (Å²) in [7, 11) is 0. The number of rotatable bonds is 4. The molecule has 1 rings (SSSR count). The molecule has 0 aromatic carbocycles. The van der Waals surface area contributed by atoms with E-state index in [1.165, 1.54) is 12.8 Å². The summed E-state index contributed by atoms with van der Waals surface area (Å²) in [6.07, 6.45) is 3.73. The van der Waals surface area contributed by atoms with Crippen molar-refractivity contribution >= 4 is 6.09 Å². The van der Waals surface area contributed by atoms with E-state index in [1.54, 1.807) is 0 Å². The summed E-state index contributed by atoms with van der Waals surface area (Å²) >= 11 is 0. The van der Waals surface area contributed by atoms with Gasteiger partial charge in [0.15, 0.2) is 0 Å². The summed E-state index contributed by atoms with van der Waals surface area (Å²) in [4.78, 5) is 11.3. The molecule has 0 aromatic heterocycles. The smallest absolute Gasteiger partial charge is 0.407 e. The molecular formula is C12H25N3O2. The minimum atomic E-state index is -0.428. The van der Waals surface area contributed by atoms with Gasteiger partial charge in [-0.15, -0.1) is 0 Å². The second-order valence-electron chi connectivity index (χ2n) is 5.39. The zero-order valence-corrected chi connectivity index (χ0v) is 11.1. The van der Waals surface area contributed by atoms with E-state index in [-0.39, 0.29) is 6.09 Å². The van der Waals surface area contributed by atoms with Gasteiger partial charge in [0.05, 0.1) is 6.17 Å². The maximum atomic E-state index is 11.3. The van der Waals surface area contributed by atoms with Gasteiger partial charge in [-0.1, -0.05) is 0 Å². The Bertz CT molecular complexity index is 232. The molecule has 1 aliphatic rings. The molecule has 1 atom stereocenters. The van der Waals surface area contributed by atoms with Crippen LogP contribution in [0.4, 0.5) is 4.79 Å². The van der Waals surface area contributed by atoms with E-state index in [4.69, 9.17) is 4.74 Å². The van der Waals surface area contributed by atoms with E-state index >= 15 is 0 Å². The van der Waals surface area contributed by atoms with Crippen molar-refractivity contribution < 1.29 is 9.53 Å². The fourth-order valence-corrected chi connectivity index (χ4v) is 1.75. The van der Waals surface area contributed by atoms with Crippen molar-refractivity contribution in [3.8, 4) is 0 Å². The molecule has 3 N–H and O–H groups in total. The van der Waals surface area contributed by atoms with E-state index in [9.17, 15) is 4.79 Å². The van der Waals surface area contributed by atoms with Crippen LogP contribution in [0.2, 0.25) is 0 Å². The lowest BCUT2D eigenvalue weighted by Crippen LogP contribution is -2.47. The summed E-state index contributed by atoms with van der Waals surface area (Å²) in [6, 6.07) is 0. The molecule has 1 unspecified atom stereocenters.